The van der Waals surface area contributed by atoms with E-state index in [1.54, 1.807) is 0 Å². The first-order valence-electron chi connectivity index (χ1n) is 8.12. The average molecular weight is 273 g/mol. The second kappa shape index (κ2) is 5.42. The summed E-state index contributed by atoms with van der Waals surface area (Å²) >= 11 is 0. The topological polar surface area (TPSA) is 12.0 Å². The molecule has 0 aliphatic heterocycles. The van der Waals surface area contributed by atoms with E-state index >= 15 is 0 Å². The fourth-order valence-corrected chi connectivity index (χ4v) is 3.61. The van der Waals surface area contributed by atoms with Gasteiger partial charge < -0.3 is 5.32 Å². The molecule has 2 atom stereocenters. The molecule has 1 aliphatic carbocycles. The van der Waals surface area contributed by atoms with Crippen molar-refractivity contribution in [3.8, 4) is 0 Å². The summed E-state index contributed by atoms with van der Waals surface area (Å²) in [5.41, 5.74) is 4.83. The van der Waals surface area contributed by atoms with E-state index in [-0.39, 0.29) is 5.41 Å². The molecule has 20 heavy (non-hydrogen) atoms. The Morgan fingerprint density at radius 2 is 1.90 bits per heavy atom. The van der Waals surface area contributed by atoms with Crippen LogP contribution in [0.15, 0.2) is 18.2 Å². The van der Waals surface area contributed by atoms with E-state index in [1.807, 2.05) is 7.05 Å². The number of rotatable bonds is 2. The molecule has 2 unspecified atom stereocenters. The molecule has 1 fully saturated rings. The van der Waals surface area contributed by atoms with Gasteiger partial charge in [-0.25, -0.2) is 0 Å². The minimum absolute atomic E-state index is 0.218. The summed E-state index contributed by atoms with van der Waals surface area (Å²) in [6.07, 6.45) is 5.43. The first-order chi connectivity index (χ1) is 9.29. The van der Waals surface area contributed by atoms with Crippen molar-refractivity contribution in [2.75, 3.05) is 12.4 Å². The summed E-state index contributed by atoms with van der Waals surface area (Å²) in [6, 6.07) is 7.03. The summed E-state index contributed by atoms with van der Waals surface area (Å²) in [5.74, 6) is 0.763. The summed E-state index contributed by atoms with van der Waals surface area (Å²) in [7, 11) is 2.05. The maximum absolute atomic E-state index is 3.42. The van der Waals surface area contributed by atoms with Crippen LogP contribution in [0.2, 0.25) is 0 Å². The zero-order valence-electron chi connectivity index (χ0n) is 14.1. The van der Waals surface area contributed by atoms with Crippen LogP contribution in [-0.2, 0) is 10.8 Å². The summed E-state index contributed by atoms with van der Waals surface area (Å²) < 4.78 is 0. The van der Waals surface area contributed by atoms with Crippen LogP contribution in [0.5, 0.6) is 0 Å². The number of hydrogen-bond acceptors (Lipinski definition) is 1. The largest absolute Gasteiger partial charge is 0.388 e. The Labute approximate surface area is 125 Å². The van der Waals surface area contributed by atoms with Gasteiger partial charge in [-0.05, 0) is 46.8 Å². The molecule has 0 radical (unpaired) electrons. The third kappa shape index (κ3) is 2.73. The van der Waals surface area contributed by atoms with E-state index in [0.29, 0.717) is 5.41 Å². The van der Waals surface area contributed by atoms with Gasteiger partial charge in [-0.3, -0.25) is 0 Å². The first-order valence-corrected chi connectivity index (χ1v) is 8.12. The monoisotopic (exact) mass is 273 g/mol. The highest BCUT2D eigenvalue weighted by Crippen LogP contribution is 2.46. The van der Waals surface area contributed by atoms with Gasteiger partial charge in [0, 0.05) is 12.7 Å². The molecular weight excluding hydrogens is 242 g/mol. The van der Waals surface area contributed by atoms with Crippen molar-refractivity contribution in [1.29, 1.82) is 0 Å². The van der Waals surface area contributed by atoms with Gasteiger partial charge in [-0.15, -0.1) is 0 Å². The van der Waals surface area contributed by atoms with Crippen molar-refractivity contribution in [2.24, 2.45) is 5.92 Å². The van der Waals surface area contributed by atoms with Crippen LogP contribution < -0.4 is 5.32 Å². The fraction of sp³-hybridized carbons (Fsp3) is 0.684. The molecule has 112 valence electrons. The lowest BCUT2D eigenvalue weighted by Crippen LogP contribution is -2.34. The van der Waals surface area contributed by atoms with E-state index in [4.69, 9.17) is 0 Å². The van der Waals surface area contributed by atoms with E-state index < -0.39 is 0 Å². The van der Waals surface area contributed by atoms with Gasteiger partial charge in [0.2, 0.25) is 0 Å². The van der Waals surface area contributed by atoms with E-state index in [9.17, 15) is 0 Å². The van der Waals surface area contributed by atoms with Gasteiger partial charge in [-0.1, -0.05) is 59.6 Å². The standard InChI is InChI=1S/C19H31N/c1-14-9-7-8-12-19(14,5)16-13-15(18(2,3)4)10-11-17(16)20-6/h10-11,13-14,20H,7-9,12H2,1-6H3. The third-order valence-corrected chi connectivity index (χ3v) is 5.44. The van der Waals surface area contributed by atoms with E-state index in [2.05, 4.69) is 58.1 Å². The van der Waals surface area contributed by atoms with E-state index in [1.165, 1.54) is 42.5 Å². The van der Waals surface area contributed by atoms with Crippen LogP contribution in [0.4, 0.5) is 5.69 Å². The molecule has 0 spiro atoms. The fourth-order valence-electron chi connectivity index (χ4n) is 3.61. The molecule has 0 heterocycles. The number of nitrogens with one attached hydrogen (secondary N) is 1. The molecule has 1 aromatic carbocycles. The van der Waals surface area contributed by atoms with Crippen molar-refractivity contribution in [3.05, 3.63) is 29.3 Å². The minimum atomic E-state index is 0.218. The normalized spacial score (nSPS) is 27.4. The highest BCUT2D eigenvalue weighted by atomic mass is 14.8. The molecule has 2 rings (SSSR count). The second-order valence-corrected chi connectivity index (χ2v) is 7.82. The minimum Gasteiger partial charge on any atom is -0.388 e. The Kier molecular flexibility index (Phi) is 4.18. The SMILES string of the molecule is CNc1ccc(C(C)(C)C)cc1C1(C)CCCCC1C. The highest BCUT2D eigenvalue weighted by molar-refractivity contribution is 5.57. The van der Waals surface area contributed by atoms with Gasteiger partial charge in [0.25, 0.3) is 0 Å². The smallest absolute Gasteiger partial charge is 0.0376 e. The van der Waals surface area contributed by atoms with E-state index in [0.717, 1.165) is 5.92 Å². The van der Waals surface area contributed by atoms with Gasteiger partial charge in [0.05, 0.1) is 0 Å². The Morgan fingerprint density at radius 1 is 1.20 bits per heavy atom. The van der Waals surface area contributed by atoms with Crippen molar-refractivity contribution in [2.45, 2.75) is 71.1 Å². The van der Waals surface area contributed by atoms with Crippen LogP contribution in [0.25, 0.3) is 0 Å². The van der Waals surface area contributed by atoms with Gasteiger partial charge in [0.1, 0.15) is 0 Å². The maximum Gasteiger partial charge on any atom is 0.0376 e. The van der Waals surface area contributed by atoms with Gasteiger partial charge >= 0.3 is 0 Å². The molecule has 0 aromatic heterocycles. The Morgan fingerprint density at radius 3 is 2.45 bits per heavy atom. The van der Waals surface area contributed by atoms with Crippen LogP contribution in [0.3, 0.4) is 0 Å². The molecule has 1 N–H and O–H groups in total. The molecule has 1 heteroatoms. The van der Waals surface area contributed by atoms with Crippen molar-refractivity contribution < 1.29 is 0 Å². The maximum atomic E-state index is 3.42. The molecule has 1 saturated carbocycles. The lowest BCUT2D eigenvalue weighted by atomic mass is 9.63. The van der Waals surface area contributed by atoms with Crippen molar-refractivity contribution in [3.63, 3.8) is 0 Å². The highest BCUT2D eigenvalue weighted by Gasteiger charge is 2.37. The van der Waals surface area contributed by atoms with Gasteiger partial charge in [-0.2, -0.15) is 0 Å². The lowest BCUT2D eigenvalue weighted by molar-refractivity contribution is 0.221. The molecular formula is C19H31N. The number of anilines is 1. The number of benzene rings is 1. The predicted octanol–water partition coefficient (Wildman–Crippen LogP) is 5.49. The average Bonchev–Trinajstić information content (AvgIpc) is 2.40. The quantitative estimate of drug-likeness (QED) is 0.751. The Balaban J connectivity index is 2.52. The number of hydrogen-bond donors (Lipinski definition) is 1. The second-order valence-electron chi connectivity index (χ2n) is 7.82. The van der Waals surface area contributed by atoms with Crippen LogP contribution >= 0.6 is 0 Å². The molecule has 0 saturated heterocycles. The zero-order chi connectivity index (χ0) is 15.0. The first kappa shape index (κ1) is 15.4. The summed E-state index contributed by atoms with van der Waals surface area (Å²) in [4.78, 5) is 0. The van der Waals surface area contributed by atoms with Crippen LogP contribution in [0.1, 0.15) is 71.4 Å². The summed E-state index contributed by atoms with van der Waals surface area (Å²) in [6.45, 7) is 11.8. The Bertz CT molecular complexity index is 469. The lowest BCUT2D eigenvalue weighted by Gasteiger charge is -2.42. The summed E-state index contributed by atoms with van der Waals surface area (Å²) in [5, 5.41) is 3.42. The van der Waals surface area contributed by atoms with Crippen molar-refractivity contribution >= 4 is 5.69 Å². The molecule has 0 bridgehead atoms. The van der Waals surface area contributed by atoms with Gasteiger partial charge in [0.15, 0.2) is 0 Å². The van der Waals surface area contributed by atoms with Crippen LogP contribution in [0, 0.1) is 5.92 Å². The zero-order valence-corrected chi connectivity index (χ0v) is 14.1. The molecule has 1 nitrogen and oxygen atoms in total. The Hall–Kier alpha value is -0.980. The van der Waals surface area contributed by atoms with Crippen LogP contribution in [-0.4, -0.2) is 7.05 Å². The predicted molar refractivity (Wildman–Crippen MR) is 89.7 cm³/mol. The third-order valence-electron chi connectivity index (χ3n) is 5.44. The molecule has 0 amide bonds. The van der Waals surface area contributed by atoms with Crippen molar-refractivity contribution in [1.82, 2.24) is 0 Å². The molecule has 1 aromatic rings. The molecule has 1 aliphatic rings.